The van der Waals surface area contributed by atoms with Crippen molar-refractivity contribution in [3.8, 4) is 11.4 Å². The second-order valence-electron chi connectivity index (χ2n) is 10.3. The standard InChI is InChI=1S/C32H55N2O/c1-3-5-7-9-11-13-14-15-17-22-26-33-27-28-34(32(33)31-24-20-19-21-25-31)30-35-29-23-18-16-12-10-8-6-4-2/h19-21,24-25,27-28H,3-18,22-23,26,29-30H2,1-2H3/q+1. The summed E-state index contributed by atoms with van der Waals surface area (Å²) in [5, 5.41) is 0. The number of benzene rings is 1. The molecule has 2 aromatic rings. The Morgan fingerprint density at radius 3 is 1.71 bits per heavy atom. The number of hydrogen-bond donors (Lipinski definition) is 0. The van der Waals surface area contributed by atoms with Crippen molar-refractivity contribution in [2.75, 3.05) is 6.61 Å². The van der Waals surface area contributed by atoms with Crippen LogP contribution in [0.1, 0.15) is 129 Å². The summed E-state index contributed by atoms with van der Waals surface area (Å²) in [4.78, 5) is 0. The molecule has 2 rings (SSSR count). The van der Waals surface area contributed by atoms with E-state index in [1.54, 1.807) is 0 Å². The lowest BCUT2D eigenvalue weighted by atomic mass is 10.1. The van der Waals surface area contributed by atoms with Crippen LogP contribution in [-0.2, 0) is 18.0 Å². The number of nitrogens with zero attached hydrogens (tertiary/aromatic N) is 2. The maximum absolute atomic E-state index is 6.09. The highest BCUT2D eigenvalue weighted by Crippen LogP contribution is 2.18. The smallest absolute Gasteiger partial charge is 0.290 e. The second kappa shape index (κ2) is 20.6. The minimum absolute atomic E-state index is 0.645. The number of unbranched alkanes of at least 4 members (excludes halogenated alkanes) is 16. The van der Waals surface area contributed by atoms with E-state index in [9.17, 15) is 0 Å². The minimum atomic E-state index is 0.645. The average molecular weight is 484 g/mol. The molecule has 0 amide bonds. The first-order chi connectivity index (χ1) is 17.4. The van der Waals surface area contributed by atoms with E-state index in [0.29, 0.717) is 6.73 Å². The van der Waals surface area contributed by atoms with Gasteiger partial charge in [0.2, 0.25) is 0 Å². The zero-order valence-electron chi connectivity index (χ0n) is 23.2. The van der Waals surface area contributed by atoms with Crippen LogP contribution in [0, 0.1) is 0 Å². The first-order valence-corrected chi connectivity index (χ1v) is 15.1. The molecule has 0 fully saturated rings. The average Bonchev–Trinajstić information content (AvgIpc) is 3.29. The molecule has 0 saturated heterocycles. The quantitative estimate of drug-likeness (QED) is 0.114. The normalized spacial score (nSPS) is 11.4. The van der Waals surface area contributed by atoms with E-state index in [2.05, 4.69) is 65.7 Å². The molecule has 0 unspecified atom stereocenters. The fraction of sp³-hybridized carbons (Fsp3) is 0.719. The number of ether oxygens (including phenoxy) is 1. The van der Waals surface area contributed by atoms with E-state index in [-0.39, 0.29) is 0 Å². The van der Waals surface area contributed by atoms with Crippen molar-refractivity contribution < 1.29 is 9.30 Å². The molecule has 0 aliphatic heterocycles. The van der Waals surface area contributed by atoms with Gasteiger partial charge in [-0.3, -0.25) is 0 Å². The van der Waals surface area contributed by atoms with Crippen LogP contribution in [0.4, 0.5) is 0 Å². The molecule has 0 aliphatic carbocycles. The Hall–Kier alpha value is -1.61. The van der Waals surface area contributed by atoms with E-state index < -0.39 is 0 Å². The van der Waals surface area contributed by atoms with Gasteiger partial charge in [-0.25, -0.2) is 9.13 Å². The fourth-order valence-electron chi connectivity index (χ4n) is 4.94. The molecule has 198 valence electrons. The lowest BCUT2D eigenvalue weighted by Crippen LogP contribution is -2.36. The van der Waals surface area contributed by atoms with Crippen molar-refractivity contribution in [3.63, 3.8) is 0 Å². The predicted octanol–water partition coefficient (Wildman–Crippen LogP) is 9.48. The van der Waals surface area contributed by atoms with Crippen LogP contribution in [0.3, 0.4) is 0 Å². The molecule has 3 heteroatoms. The van der Waals surface area contributed by atoms with Crippen molar-refractivity contribution >= 4 is 0 Å². The summed E-state index contributed by atoms with van der Waals surface area (Å²) >= 11 is 0. The monoisotopic (exact) mass is 483 g/mol. The summed E-state index contributed by atoms with van der Waals surface area (Å²) in [6, 6.07) is 10.8. The fourth-order valence-corrected chi connectivity index (χ4v) is 4.94. The van der Waals surface area contributed by atoms with Gasteiger partial charge in [-0.15, -0.1) is 0 Å². The van der Waals surface area contributed by atoms with E-state index in [1.807, 2.05) is 0 Å². The van der Waals surface area contributed by atoms with Crippen molar-refractivity contribution in [1.29, 1.82) is 0 Å². The van der Waals surface area contributed by atoms with Crippen molar-refractivity contribution in [1.82, 2.24) is 4.57 Å². The minimum Gasteiger partial charge on any atom is -0.342 e. The number of rotatable bonds is 23. The van der Waals surface area contributed by atoms with Crippen LogP contribution in [0.15, 0.2) is 42.7 Å². The third-order valence-electron chi connectivity index (χ3n) is 7.13. The van der Waals surface area contributed by atoms with Crippen LogP contribution in [0.2, 0.25) is 0 Å². The summed E-state index contributed by atoms with van der Waals surface area (Å²) in [5.41, 5.74) is 1.28. The molecule has 0 N–H and O–H groups in total. The molecular weight excluding hydrogens is 428 g/mol. The van der Waals surface area contributed by atoms with Crippen LogP contribution >= 0.6 is 0 Å². The van der Waals surface area contributed by atoms with Gasteiger partial charge in [0, 0.05) is 0 Å². The van der Waals surface area contributed by atoms with Gasteiger partial charge in [0.05, 0.1) is 18.7 Å². The SMILES string of the molecule is CCCCCCCCCCCCn1cc[n+](COCCCCCCCCCC)c1-c1ccccc1. The van der Waals surface area contributed by atoms with Gasteiger partial charge >= 0.3 is 0 Å². The number of hydrogen-bond acceptors (Lipinski definition) is 1. The van der Waals surface area contributed by atoms with Gasteiger partial charge in [-0.1, -0.05) is 128 Å². The Bertz CT molecular complexity index is 683. The summed E-state index contributed by atoms with van der Waals surface area (Å²) in [5.74, 6) is 1.28. The van der Waals surface area contributed by atoms with E-state index in [4.69, 9.17) is 4.74 Å². The second-order valence-corrected chi connectivity index (χ2v) is 10.3. The molecule has 0 bridgehead atoms. The molecule has 0 aliphatic rings. The van der Waals surface area contributed by atoms with Crippen molar-refractivity contribution in [3.05, 3.63) is 42.7 Å². The highest BCUT2D eigenvalue weighted by Gasteiger charge is 2.19. The van der Waals surface area contributed by atoms with E-state index in [1.165, 1.54) is 127 Å². The van der Waals surface area contributed by atoms with E-state index >= 15 is 0 Å². The Kier molecular flexibility index (Phi) is 17.4. The molecule has 3 nitrogen and oxygen atoms in total. The van der Waals surface area contributed by atoms with Gasteiger partial charge in [0.15, 0.2) is 6.73 Å². The molecule has 1 aromatic carbocycles. The molecule has 0 saturated carbocycles. The molecule has 0 radical (unpaired) electrons. The number of aryl methyl sites for hydroxylation is 1. The van der Waals surface area contributed by atoms with Crippen molar-refractivity contribution in [2.24, 2.45) is 0 Å². The topological polar surface area (TPSA) is 18.0 Å². The van der Waals surface area contributed by atoms with Crippen molar-refractivity contribution in [2.45, 2.75) is 143 Å². The molecule has 0 spiro atoms. The van der Waals surface area contributed by atoms with Gasteiger partial charge in [-0.2, -0.15) is 0 Å². The molecule has 0 atom stereocenters. The highest BCUT2D eigenvalue weighted by molar-refractivity contribution is 5.52. The molecular formula is C32H55N2O+. The summed E-state index contributed by atoms with van der Waals surface area (Å²) in [7, 11) is 0. The highest BCUT2D eigenvalue weighted by atomic mass is 16.5. The lowest BCUT2D eigenvalue weighted by molar-refractivity contribution is -0.722. The zero-order valence-corrected chi connectivity index (χ0v) is 23.2. The first-order valence-electron chi connectivity index (χ1n) is 15.1. The van der Waals surface area contributed by atoms with Crippen LogP contribution in [0.5, 0.6) is 0 Å². The predicted molar refractivity (Wildman–Crippen MR) is 150 cm³/mol. The zero-order chi connectivity index (χ0) is 24.8. The maximum Gasteiger partial charge on any atom is 0.290 e. The number of imidazole rings is 1. The van der Waals surface area contributed by atoms with E-state index in [0.717, 1.165) is 13.2 Å². The summed E-state index contributed by atoms with van der Waals surface area (Å²) < 4.78 is 10.8. The Morgan fingerprint density at radius 2 is 1.14 bits per heavy atom. The Morgan fingerprint density at radius 1 is 0.629 bits per heavy atom. The van der Waals surface area contributed by atoms with Crippen LogP contribution < -0.4 is 4.57 Å². The summed E-state index contributed by atoms with van der Waals surface area (Å²) in [6.07, 6.45) is 29.0. The third-order valence-corrected chi connectivity index (χ3v) is 7.13. The Balaban J connectivity index is 1.69. The first kappa shape index (κ1) is 29.6. The number of aromatic nitrogens is 2. The van der Waals surface area contributed by atoms with Crippen LogP contribution in [-0.4, -0.2) is 11.2 Å². The Labute approximate surface area is 217 Å². The third kappa shape index (κ3) is 13.3. The van der Waals surface area contributed by atoms with Gasteiger partial charge in [0.1, 0.15) is 12.4 Å². The molecule has 35 heavy (non-hydrogen) atoms. The van der Waals surface area contributed by atoms with Gasteiger partial charge in [-0.05, 0) is 31.4 Å². The van der Waals surface area contributed by atoms with Crippen LogP contribution in [0.25, 0.3) is 11.4 Å². The summed E-state index contributed by atoms with van der Waals surface area (Å²) in [6.45, 7) is 7.17. The maximum atomic E-state index is 6.09. The largest absolute Gasteiger partial charge is 0.342 e. The van der Waals surface area contributed by atoms with Gasteiger partial charge in [0.25, 0.3) is 5.82 Å². The molecule has 1 aromatic heterocycles. The lowest BCUT2D eigenvalue weighted by Gasteiger charge is -2.07. The molecule has 1 heterocycles. The van der Waals surface area contributed by atoms with Gasteiger partial charge < -0.3 is 4.74 Å².